The molecule has 0 aliphatic heterocycles. The molecule has 0 aromatic heterocycles. The first kappa shape index (κ1) is 16.5. The van der Waals surface area contributed by atoms with Crippen molar-refractivity contribution in [3.8, 4) is 5.75 Å². The van der Waals surface area contributed by atoms with Gasteiger partial charge in [-0.05, 0) is 42.1 Å². The Hall–Kier alpha value is -1.55. The Kier molecular flexibility index (Phi) is 6.02. The SMILES string of the molecule is CC(CNCCOc1ccc(C(=O)O)cc1)C(C)(C)C. The van der Waals surface area contributed by atoms with Gasteiger partial charge < -0.3 is 15.2 Å². The van der Waals surface area contributed by atoms with Gasteiger partial charge in [0.2, 0.25) is 0 Å². The molecular formula is C16H25NO3. The normalized spacial score (nSPS) is 13.0. The van der Waals surface area contributed by atoms with Crippen LogP contribution in [0.4, 0.5) is 0 Å². The molecule has 20 heavy (non-hydrogen) atoms. The molecule has 1 unspecified atom stereocenters. The topological polar surface area (TPSA) is 58.6 Å². The Morgan fingerprint density at radius 3 is 2.40 bits per heavy atom. The quantitative estimate of drug-likeness (QED) is 0.753. The Morgan fingerprint density at radius 1 is 1.30 bits per heavy atom. The number of benzene rings is 1. The Morgan fingerprint density at radius 2 is 1.90 bits per heavy atom. The van der Waals surface area contributed by atoms with E-state index in [-0.39, 0.29) is 5.56 Å². The van der Waals surface area contributed by atoms with Gasteiger partial charge in [0, 0.05) is 6.54 Å². The lowest BCUT2D eigenvalue weighted by atomic mass is 9.82. The average molecular weight is 279 g/mol. The smallest absolute Gasteiger partial charge is 0.335 e. The molecule has 1 aromatic rings. The van der Waals surface area contributed by atoms with Crippen molar-refractivity contribution >= 4 is 5.97 Å². The molecule has 0 radical (unpaired) electrons. The minimum absolute atomic E-state index is 0.273. The fourth-order valence-corrected chi connectivity index (χ4v) is 1.56. The Balaban J connectivity index is 2.23. The first-order valence-corrected chi connectivity index (χ1v) is 6.97. The summed E-state index contributed by atoms with van der Waals surface area (Å²) in [5.41, 5.74) is 0.579. The summed E-state index contributed by atoms with van der Waals surface area (Å²) in [4.78, 5) is 10.7. The van der Waals surface area contributed by atoms with Crippen molar-refractivity contribution in [2.24, 2.45) is 11.3 Å². The first-order valence-electron chi connectivity index (χ1n) is 6.97. The van der Waals surface area contributed by atoms with E-state index in [2.05, 4.69) is 33.0 Å². The van der Waals surface area contributed by atoms with Crippen molar-refractivity contribution in [1.29, 1.82) is 0 Å². The summed E-state index contributed by atoms with van der Waals surface area (Å²) in [7, 11) is 0. The number of rotatable bonds is 7. The number of carboxylic acids is 1. The molecule has 4 heteroatoms. The van der Waals surface area contributed by atoms with Crippen molar-refractivity contribution in [2.75, 3.05) is 19.7 Å². The molecule has 0 heterocycles. The standard InChI is InChI=1S/C16H25NO3/c1-12(16(2,3)4)11-17-9-10-20-14-7-5-13(6-8-14)15(18)19/h5-8,12,17H,9-11H2,1-4H3,(H,18,19). The lowest BCUT2D eigenvalue weighted by Gasteiger charge is -2.27. The molecule has 1 atom stereocenters. The fourth-order valence-electron chi connectivity index (χ4n) is 1.56. The van der Waals surface area contributed by atoms with Crippen LogP contribution in [0.1, 0.15) is 38.1 Å². The minimum Gasteiger partial charge on any atom is -0.492 e. The molecule has 1 aromatic carbocycles. The zero-order chi connectivity index (χ0) is 15.2. The number of nitrogens with one attached hydrogen (secondary N) is 1. The summed E-state index contributed by atoms with van der Waals surface area (Å²) in [6.45, 7) is 11.3. The van der Waals surface area contributed by atoms with Crippen LogP contribution in [0.3, 0.4) is 0 Å². The molecule has 0 spiro atoms. The van der Waals surface area contributed by atoms with E-state index < -0.39 is 5.97 Å². The maximum atomic E-state index is 10.7. The van der Waals surface area contributed by atoms with Crippen LogP contribution in [-0.2, 0) is 0 Å². The van der Waals surface area contributed by atoms with Crippen LogP contribution in [0.15, 0.2) is 24.3 Å². The highest BCUT2D eigenvalue weighted by molar-refractivity contribution is 5.87. The molecular weight excluding hydrogens is 254 g/mol. The number of carboxylic acid groups (broad SMARTS) is 1. The van der Waals surface area contributed by atoms with Crippen molar-refractivity contribution < 1.29 is 14.6 Å². The highest BCUT2D eigenvalue weighted by atomic mass is 16.5. The highest BCUT2D eigenvalue weighted by Gasteiger charge is 2.18. The predicted molar refractivity (Wildman–Crippen MR) is 80.4 cm³/mol. The average Bonchev–Trinajstić information content (AvgIpc) is 2.37. The molecule has 0 bridgehead atoms. The fraction of sp³-hybridized carbons (Fsp3) is 0.562. The summed E-state index contributed by atoms with van der Waals surface area (Å²) in [6, 6.07) is 6.46. The third kappa shape index (κ3) is 5.61. The van der Waals surface area contributed by atoms with E-state index in [1.54, 1.807) is 24.3 Å². The second-order valence-electron chi connectivity index (χ2n) is 6.15. The van der Waals surface area contributed by atoms with E-state index in [0.29, 0.717) is 23.7 Å². The Labute approximate surface area is 121 Å². The summed E-state index contributed by atoms with van der Waals surface area (Å²) in [5, 5.41) is 12.2. The Bertz CT molecular complexity index is 420. The van der Waals surface area contributed by atoms with Crippen LogP contribution in [0.25, 0.3) is 0 Å². The molecule has 2 N–H and O–H groups in total. The second-order valence-corrected chi connectivity index (χ2v) is 6.15. The summed E-state index contributed by atoms with van der Waals surface area (Å²) >= 11 is 0. The van der Waals surface area contributed by atoms with Gasteiger partial charge in [0.15, 0.2) is 0 Å². The largest absolute Gasteiger partial charge is 0.492 e. The lowest BCUT2D eigenvalue weighted by Crippen LogP contribution is -2.32. The van der Waals surface area contributed by atoms with E-state index in [4.69, 9.17) is 9.84 Å². The van der Waals surface area contributed by atoms with Crippen LogP contribution in [-0.4, -0.2) is 30.8 Å². The van der Waals surface area contributed by atoms with Gasteiger partial charge in [-0.1, -0.05) is 27.7 Å². The number of hydrogen-bond donors (Lipinski definition) is 2. The van der Waals surface area contributed by atoms with Crippen LogP contribution >= 0.6 is 0 Å². The van der Waals surface area contributed by atoms with Gasteiger partial charge in [-0.2, -0.15) is 0 Å². The van der Waals surface area contributed by atoms with Crippen molar-refractivity contribution in [1.82, 2.24) is 5.32 Å². The molecule has 0 aliphatic rings. The monoisotopic (exact) mass is 279 g/mol. The van der Waals surface area contributed by atoms with E-state index in [9.17, 15) is 4.79 Å². The molecule has 0 saturated carbocycles. The number of aromatic carboxylic acids is 1. The van der Waals surface area contributed by atoms with Gasteiger partial charge >= 0.3 is 5.97 Å². The first-order chi connectivity index (χ1) is 9.30. The van der Waals surface area contributed by atoms with Crippen molar-refractivity contribution in [3.05, 3.63) is 29.8 Å². The zero-order valence-corrected chi connectivity index (χ0v) is 12.8. The number of carbonyl (C=O) groups is 1. The highest BCUT2D eigenvalue weighted by Crippen LogP contribution is 2.24. The van der Waals surface area contributed by atoms with E-state index in [0.717, 1.165) is 13.1 Å². The number of hydrogen-bond acceptors (Lipinski definition) is 3. The molecule has 0 fully saturated rings. The molecule has 0 saturated heterocycles. The van der Waals surface area contributed by atoms with Gasteiger partial charge in [0.25, 0.3) is 0 Å². The predicted octanol–water partition coefficient (Wildman–Crippen LogP) is 3.04. The van der Waals surface area contributed by atoms with E-state index >= 15 is 0 Å². The third-order valence-corrected chi connectivity index (χ3v) is 3.58. The molecule has 0 aliphatic carbocycles. The van der Waals surface area contributed by atoms with E-state index in [1.807, 2.05) is 0 Å². The third-order valence-electron chi connectivity index (χ3n) is 3.58. The second kappa shape index (κ2) is 7.29. The molecule has 0 amide bonds. The molecule has 1 rings (SSSR count). The van der Waals surface area contributed by atoms with Crippen LogP contribution in [0.2, 0.25) is 0 Å². The van der Waals surface area contributed by atoms with Gasteiger partial charge in [-0.25, -0.2) is 4.79 Å². The summed E-state index contributed by atoms with van der Waals surface area (Å²) < 4.78 is 5.55. The van der Waals surface area contributed by atoms with Gasteiger partial charge in [-0.15, -0.1) is 0 Å². The maximum absolute atomic E-state index is 10.7. The van der Waals surface area contributed by atoms with Crippen LogP contribution in [0.5, 0.6) is 5.75 Å². The summed E-state index contributed by atoms with van der Waals surface area (Å²) in [5.74, 6) is 0.368. The van der Waals surface area contributed by atoms with Crippen molar-refractivity contribution in [2.45, 2.75) is 27.7 Å². The molecule has 4 nitrogen and oxygen atoms in total. The minimum atomic E-state index is -0.922. The van der Waals surface area contributed by atoms with Crippen LogP contribution < -0.4 is 10.1 Å². The van der Waals surface area contributed by atoms with Crippen molar-refractivity contribution in [3.63, 3.8) is 0 Å². The van der Waals surface area contributed by atoms with Gasteiger partial charge in [-0.3, -0.25) is 0 Å². The van der Waals surface area contributed by atoms with Crippen LogP contribution in [0, 0.1) is 11.3 Å². The van der Waals surface area contributed by atoms with Gasteiger partial charge in [0.1, 0.15) is 12.4 Å². The van der Waals surface area contributed by atoms with E-state index in [1.165, 1.54) is 0 Å². The lowest BCUT2D eigenvalue weighted by molar-refractivity contribution is 0.0697. The number of ether oxygens (including phenoxy) is 1. The summed E-state index contributed by atoms with van der Waals surface area (Å²) in [6.07, 6.45) is 0. The zero-order valence-electron chi connectivity index (χ0n) is 12.8. The maximum Gasteiger partial charge on any atom is 0.335 e. The van der Waals surface area contributed by atoms with Gasteiger partial charge in [0.05, 0.1) is 5.56 Å². The molecule has 112 valence electrons.